The van der Waals surface area contributed by atoms with E-state index in [0.29, 0.717) is 12.0 Å². The van der Waals surface area contributed by atoms with E-state index in [1.807, 2.05) is 18.2 Å². The molecular formula is C23H29N5O8. The van der Waals surface area contributed by atoms with Crippen molar-refractivity contribution in [2.45, 2.75) is 49.9 Å². The standard InChI is InChI=1S/C23H29N5O8/c24-14(9-19(30)31)22(34)28-7-3-6-18(28)21(33)27-17(11-29)20(32)26-16(23(35)36)8-12-10-25-15-5-2-1-4-13(12)15/h1-2,4-5,10,14,16-18,25,29H,3,6-9,11,24H2,(H,26,32)(H,27,33)(H,30,31)(H,35,36). The monoisotopic (exact) mass is 503 g/mol. The Labute approximate surface area is 205 Å². The van der Waals surface area contributed by atoms with Crippen molar-refractivity contribution in [3.63, 3.8) is 0 Å². The average molecular weight is 504 g/mol. The van der Waals surface area contributed by atoms with Gasteiger partial charge in [-0.05, 0) is 24.5 Å². The quantitative estimate of drug-likeness (QED) is 0.191. The number of carbonyl (C=O) groups is 5. The molecule has 4 unspecified atom stereocenters. The molecule has 1 aliphatic heterocycles. The van der Waals surface area contributed by atoms with E-state index in [-0.39, 0.29) is 19.4 Å². The Bertz CT molecular complexity index is 1150. The number of carbonyl (C=O) groups excluding carboxylic acids is 3. The molecule has 0 aliphatic carbocycles. The fourth-order valence-electron chi connectivity index (χ4n) is 4.25. The second-order valence-corrected chi connectivity index (χ2v) is 8.60. The number of nitrogens with two attached hydrogens (primary N) is 1. The maximum atomic E-state index is 12.8. The van der Waals surface area contributed by atoms with Gasteiger partial charge in [0.05, 0.1) is 19.1 Å². The molecule has 4 atom stereocenters. The number of rotatable bonds is 11. The molecule has 13 nitrogen and oxygen atoms in total. The summed E-state index contributed by atoms with van der Waals surface area (Å²) in [4.78, 5) is 65.0. The lowest BCUT2D eigenvalue weighted by Gasteiger charge is -2.28. The number of carboxylic acids is 2. The van der Waals surface area contributed by atoms with Gasteiger partial charge in [0.15, 0.2) is 0 Å². The molecule has 0 bridgehead atoms. The molecular weight excluding hydrogens is 474 g/mol. The summed E-state index contributed by atoms with van der Waals surface area (Å²) >= 11 is 0. The zero-order chi connectivity index (χ0) is 26.4. The van der Waals surface area contributed by atoms with Gasteiger partial charge in [-0.1, -0.05) is 18.2 Å². The zero-order valence-electron chi connectivity index (χ0n) is 19.3. The van der Waals surface area contributed by atoms with E-state index in [0.717, 1.165) is 15.8 Å². The summed E-state index contributed by atoms with van der Waals surface area (Å²) < 4.78 is 0. The summed E-state index contributed by atoms with van der Waals surface area (Å²) in [5.41, 5.74) is 7.12. The van der Waals surface area contributed by atoms with Gasteiger partial charge in [0.25, 0.3) is 0 Å². The largest absolute Gasteiger partial charge is 0.481 e. The van der Waals surface area contributed by atoms with Crippen molar-refractivity contribution in [3.8, 4) is 0 Å². The van der Waals surface area contributed by atoms with Crippen LogP contribution in [0.3, 0.4) is 0 Å². The van der Waals surface area contributed by atoms with Crippen LogP contribution in [0, 0.1) is 0 Å². The number of fused-ring (bicyclic) bond motifs is 1. The highest BCUT2D eigenvalue weighted by Crippen LogP contribution is 2.20. The summed E-state index contributed by atoms with van der Waals surface area (Å²) in [6.07, 6.45) is 1.74. The third-order valence-corrected chi connectivity index (χ3v) is 6.08. The molecule has 0 saturated carbocycles. The van der Waals surface area contributed by atoms with E-state index in [2.05, 4.69) is 15.6 Å². The lowest BCUT2D eigenvalue weighted by molar-refractivity contribution is -0.144. The number of aromatic amines is 1. The van der Waals surface area contributed by atoms with Crippen LogP contribution in [0.15, 0.2) is 30.5 Å². The van der Waals surface area contributed by atoms with E-state index in [9.17, 15) is 34.2 Å². The predicted molar refractivity (Wildman–Crippen MR) is 126 cm³/mol. The third kappa shape index (κ3) is 6.17. The molecule has 1 aromatic heterocycles. The van der Waals surface area contributed by atoms with Crippen molar-refractivity contribution < 1.29 is 39.3 Å². The van der Waals surface area contributed by atoms with Crippen LogP contribution in [-0.2, 0) is 30.4 Å². The number of benzene rings is 1. The minimum Gasteiger partial charge on any atom is -0.481 e. The van der Waals surface area contributed by atoms with Gasteiger partial charge in [-0.25, -0.2) is 4.79 Å². The second kappa shape index (κ2) is 11.6. The van der Waals surface area contributed by atoms with E-state index < -0.39 is 66.9 Å². The molecule has 2 aromatic rings. The predicted octanol–water partition coefficient (Wildman–Crippen LogP) is -1.45. The number of aromatic nitrogens is 1. The minimum atomic E-state index is -1.47. The lowest BCUT2D eigenvalue weighted by Crippen LogP contribution is -2.58. The molecule has 3 rings (SSSR count). The number of para-hydroxylation sites is 1. The zero-order valence-corrected chi connectivity index (χ0v) is 19.3. The van der Waals surface area contributed by atoms with Gasteiger partial charge in [0.1, 0.15) is 18.1 Å². The number of aliphatic hydroxyl groups excluding tert-OH is 1. The van der Waals surface area contributed by atoms with Gasteiger partial charge >= 0.3 is 11.9 Å². The Hall–Kier alpha value is -3.97. The van der Waals surface area contributed by atoms with Gasteiger partial charge < -0.3 is 41.6 Å². The van der Waals surface area contributed by atoms with Crippen molar-refractivity contribution >= 4 is 40.6 Å². The van der Waals surface area contributed by atoms with Crippen LogP contribution in [0.25, 0.3) is 10.9 Å². The normalized spacial score (nSPS) is 17.8. The van der Waals surface area contributed by atoms with Crippen molar-refractivity contribution in [1.82, 2.24) is 20.5 Å². The first-order valence-electron chi connectivity index (χ1n) is 11.4. The molecule has 8 N–H and O–H groups in total. The van der Waals surface area contributed by atoms with Crippen molar-refractivity contribution in [2.75, 3.05) is 13.2 Å². The molecule has 36 heavy (non-hydrogen) atoms. The highest BCUT2D eigenvalue weighted by Gasteiger charge is 2.38. The fraction of sp³-hybridized carbons (Fsp3) is 0.435. The van der Waals surface area contributed by atoms with Crippen LogP contribution in [0.1, 0.15) is 24.8 Å². The molecule has 2 heterocycles. The maximum absolute atomic E-state index is 12.8. The number of aliphatic carboxylic acids is 2. The van der Waals surface area contributed by atoms with Crippen molar-refractivity contribution in [1.29, 1.82) is 0 Å². The lowest BCUT2D eigenvalue weighted by atomic mass is 10.0. The number of hydrogen-bond donors (Lipinski definition) is 7. The second-order valence-electron chi connectivity index (χ2n) is 8.60. The van der Waals surface area contributed by atoms with Crippen LogP contribution in [-0.4, -0.2) is 92.2 Å². The summed E-state index contributed by atoms with van der Waals surface area (Å²) in [6, 6.07) is 2.15. The van der Waals surface area contributed by atoms with Crippen LogP contribution >= 0.6 is 0 Å². The van der Waals surface area contributed by atoms with Crippen LogP contribution in [0.2, 0.25) is 0 Å². The highest BCUT2D eigenvalue weighted by atomic mass is 16.4. The number of nitrogens with zero attached hydrogens (tertiary/aromatic N) is 1. The van der Waals surface area contributed by atoms with Crippen molar-refractivity contribution in [3.05, 3.63) is 36.0 Å². The van der Waals surface area contributed by atoms with E-state index in [1.165, 1.54) is 0 Å². The summed E-state index contributed by atoms with van der Waals surface area (Å²) in [7, 11) is 0. The van der Waals surface area contributed by atoms with Gasteiger partial charge in [0, 0.05) is 30.1 Å². The topological polar surface area (TPSA) is 215 Å². The molecule has 1 aliphatic rings. The SMILES string of the molecule is NC(CC(=O)O)C(=O)N1CCCC1C(=O)NC(CO)C(=O)NC(Cc1c[nH]c2ccccc12)C(=O)O. The molecule has 1 aromatic carbocycles. The van der Waals surface area contributed by atoms with Gasteiger partial charge in [-0.15, -0.1) is 0 Å². The Morgan fingerprint density at radius 1 is 1.11 bits per heavy atom. The van der Waals surface area contributed by atoms with Gasteiger partial charge in [-0.3, -0.25) is 19.2 Å². The van der Waals surface area contributed by atoms with E-state index >= 15 is 0 Å². The van der Waals surface area contributed by atoms with Crippen LogP contribution in [0.4, 0.5) is 0 Å². The Kier molecular flexibility index (Phi) is 8.61. The first-order chi connectivity index (χ1) is 17.1. The summed E-state index contributed by atoms with van der Waals surface area (Å²) in [5.74, 6) is -4.90. The molecule has 0 spiro atoms. The van der Waals surface area contributed by atoms with E-state index in [1.54, 1.807) is 12.3 Å². The molecule has 1 saturated heterocycles. The smallest absolute Gasteiger partial charge is 0.326 e. The number of aliphatic hydroxyl groups is 1. The van der Waals surface area contributed by atoms with E-state index in [4.69, 9.17) is 10.8 Å². The molecule has 1 fully saturated rings. The van der Waals surface area contributed by atoms with Gasteiger partial charge in [0.2, 0.25) is 17.7 Å². The number of nitrogens with one attached hydrogen (secondary N) is 3. The first-order valence-corrected chi connectivity index (χ1v) is 11.4. The van der Waals surface area contributed by atoms with Crippen molar-refractivity contribution in [2.24, 2.45) is 5.73 Å². The average Bonchev–Trinajstić information content (AvgIpc) is 3.48. The Balaban J connectivity index is 1.65. The highest BCUT2D eigenvalue weighted by molar-refractivity contribution is 5.95. The fourth-order valence-corrected chi connectivity index (χ4v) is 4.25. The summed E-state index contributed by atoms with van der Waals surface area (Å²) in [6.45, 7) is -0.623. The first kappa shape index (κ1) is 26.6. The van der Waals surface area contributed by atoms with Crippen LogP contribution < -0.4 is 16.4 Å². The molecule has 0 radical (unpaired) electrons. The number of likely N-dealkylation sites (tertiary alicyclic amines) is 1. The van der Waals surface area contributed by atoms with Gasteiger partial charge in [-0.2, -0.15) is 0 Å². The molecule has 13 heteroatoms. The molecule has 194 valence electrons. The Morgan fingerprint density at radius 2 is 1.83 bits per heavy atom. The number of carboxylic acid groups (broad SMARTS) is 2. The number of hydrogen-bond acceptors (Lipinski definition) is 7. The summed E-state index contributed by atoms with van der Waals surface area (Å²) in [5, 5.41) is 33.7. The third-order valence-electron chi connectivity index (χ3n) is 6.08. The molecule has 3 amide bonds. The number of H-pyrrole nitrogens is 1. The minimum absolute atomic E-state index is 0.0381. The Morgan fingerprint density at radius 3 is 2.50 bits per heavy atom. The maximum Gasteiger partial charge on any atom is 0.326 e. The van der Waals surface area contributed by atoms with Crippen LogP contribution in [0.5, 0.6) is 0 Å². The number of amides is 3.